The van der Waals surface area contributed by atoms with Crippen LogP contribution in [0.15, 0.2) is 47.5 Å². The molecule has 6 heteroatoms. The third-order valence-corrected chi connectivity index (χ3v) is 3.96. The summed E-state index contributed by atoms with van der Waals surface area (Å²) >= 11 is 1.66. The van der Waals surface area contributed by atoms with E-state index in [1.54, 1.807) is 23.9 Å². The molecule has 2 aromatic rings. The van der Waals surface area contributed by atoms with Gasteiger partial charge in [0.2, 0.25) is 5.88 Å². The van der Waals surface area contributed by atoms with Crippen LogP contribution in [-0.2, 0) is 4.74 Å². The smallest absolute Gasteiger partial charge is 0.257 e. The van der Waals surface area contributed by atoms with Crippen LogP contribution in [0.1, 0.15) is 31.1 Å². The molecule has 0 saturated heterocycles. The zero-order valence-electron chi connectivity index (χ0n) is 15.0. The predicted octanol–water partition coefficient (Wildman–Crippen LogP) is 4.25. The molecule has 0 atom stereocenters. The van der Waals surface area contributed by atoms with Crippen molar-refractivity contribution in [1.82, 2.24) is 4.98 Å². The zero-order valence-corrected chi connectivity index (χ0v) is 15.9. The van der Waals surface area contributed by atoms with Crippen molar-refractivity contribution in [2.45, 2.75) is 31.3 Å². The van der Waals surface area contributed by atoms with Gasteiger partial charge in [0, 0.05) is 22.8 Å². The van der Waals surface area contributed by atoms with Crippen LogP contribution < -0.4 is 10.1 Å². The van der Waals surface area contributed by atoms with E-state index in [4.69, 9.17) is 9.47 Å². The maximum Gasteiger partial charge on any atom is 0.257 e. The summed E-state index contributed by atoms with van der Waals surface area (Å²) in [4.78, 5) is 17.5. The molecule has 25 heavy (non-hydrogen) atoms. The molecule has 2 rings (SSSR count). The van der Waals surface area contributed by atoms with Crippen molar-refractivity contribution in [2.24, 2.45) is 0 Å². The maximum absolute atomic E-state index is 12.2. The highest BCUT2D eigenvalue weighted by atomic mass is 32.2. The van der Waals surface area contributed by atoms with Crippen molar-refractivity contribution in [3.8, 4) is 5.88 Å². The number of ether oxygens (including phenoxy) is 2. The summed E-state index contributed by atoms with van der Waals surface area (Å²) in [6.45, 7) is 6.88. The van der Waals surface area contributed by atoms with Crippen molar-refractivity contribution in [3.63, 3.8) is 0 Å². The number of pyridine rings is 1. The number of nitrogens with one attached hydrogen (secondary N) is 1. The summed E-state index contributed by atoms with van der Waals surface area (Å²) in [6.07, 6.45) is 3.52. The number of rotatable bonds is 7. The van der Waals surface area contributed by atoms with Crippen LogP contribution in [0, 0.1) is 0 Å². The third kappa shape index (κ3) is 6.76. The first-order valence-electron chi connectivity index (χ1n) is 8.05. The van der Waals surface area contributed by atoms with Crippen LogP contribution in [0.4, 0.5) is 5.69 Å². The first-order valence-corrected chi connectivity index (χ1v) is 9.28. The van der Waals surface area contributed by atoms with E-state index in [0.29, 0.717) is 24.7 Å². The van der Waals surface area contributed by atoms with Gasteiger partial charge in [0.05, 0.1) is 17.8 Å². The molecule has 0 bridgehead atoms. The largest absolute Gasteiger partial charge is 0.475 e. The second-order valence-electron chi connectivity index (χ2n) is 6.38. The topological polar surface area (TPSA) is 60.5 Å². The summed E-state index contributed by atoms with van der Waals surface area (Å²) in [7, 11) is 0. The van der Waals surface area contributed by atoms with Crippen LogP contribution >= 0.6 is 11.8 Å². The SMILES string of the molecule is CSc1ccc(NC(=O)c2ccc(OCCOC(C)(C)C)nc2)cc1. The van der Waals surface area contributed by atoms with Gasteiger partial charge in [-0.1, -0.05) is 0 Å². The molecule has 1 amide bonds. The molecule has 1 heterocycles. The number of benzene rings is 1. The fraction of sp³-hybridized carbons (Fsp3) is 0.368. The molecular formula is C19H24N2O3S. The molecule has 0 aliphatic heterocycles. The van der Waals surface area contributed by atoms with Gasteiger partial charge in [-0.15, -0.1) is 11.8 Å². The average Bonchev–Trinajstić information content (AvgIpc) is 2.59. The molecule has 134 valence electrons. The number of anilines is 1. The second-order valence-corrected chi connectivity index (χ2v) is 7.26. The summed E-state index contributed by atoms with van der Waals surface area (Å²) in [5.41, 5.74) is 1.04. The van der Waals surface area contributed by atoms with E-state index in [2.05, 4.69) is 10.3 Å². The van der Waals surface area contributed by atoms with Gasteiger partial charge >= 0.3 is 0 Å². The van der Waals surface area contributed by atoms with Crippen molar-refractivity contribution >= 4 is 23.4 Å². The van der Waals surface area contributed by atoms with Crippen LogP contribution in [0.2, 0.25) is 0 Å². The average molecular weight is 360 g/mol. The number of nitrogens with zero attached hydrogens (tertiary/aromatic N) is 1. The molecular weight excluding hydrogens is 336 g/mol. The lowest BCUT2D eigenvalue weighted by atomic mass is 10.2. The molecule has 1 N–H and O–H groups in total. The third-order valence-electron chi connectivity index (χ3n) is 3.21. The van der Waals surface area contributed by atoms with Gasteiger partial charge in [0.15, 0.2) is 0 Å². The summed E-state index contributed by atoms with van der Waals surface area (Å²) in [5.74, 6) is 0.269. The Morgan fingerprint density at radius 1 is 1.12 bits per heavy atom. The van der Waals surface area contributed by atoms with Gasteiger partial charge in [0.1, 0.15) is 6.61 Å². The zero-order chi connectivity index (χ0) is 18.3. The molecule has 0 aliphatic carbocycles. The number of thioether (sulfide) groups is 1. The Morgan fingerprint density at radius 3 is 2.40 bits per heavy atom. The van der Waals surface area contributed by atoms with E-state index in [1.165, 1.54) is 6.20 Å². The lowest BCUT2D eigenvalue weighted by Gasteiger charge is -2.19. The molecule has 1 aromatic heterocycles. The Kier molecular flexibility index (Phi) is 6.84. The first-order chi connectivity index (χ1) is 11.9. The molecule has 0 fully saturated rings. The van der Waals surface area contributed by atoms with E-state index >= 15 is 0 Å². The highest BCUT2D eigenvalue weighted by molar-refractivity contribution is 7.98. The normalized spacial score (nSPS) is 11.2. The van der Waals surface area contributed by atoms with Gasteiger partial charge in [-0.3, -0.25) is 4.79 Å². The maximum atomic E-state index is 12.2. The Morgan fingerprint density at radius 2 is 1.84 bits per heavy atom. The standard InChI is InChI=1S/C19H24N2O3S/c1-19(2,3)24-12-11-23-17-10-5-14(13-20-17)18(22)21-15-6-8-16(25-4)9-7-15/h5-10,13H,11-12H2,1-4H3,(H,21,22). The minimum Gasteiger partial charge on any atom is -0.475 e. The van der Waals surface area contributed by atoms with Crippen LogP contribution in [0.25, 0.3) is 0 Å². The quantitative estimate of drug-likeness (QED) is 0.591. The first kappa shape index (κ1) is 19.3. The predicted molar refractivity (Wildman–Crippen MR) is 102 cm³/mol. The minimum atomic E-state index is -0.202. The highest BCUT2D eigenvalue weighted by Gasteiger charge is 2.10. The molecule has 0 aliphatic rings. The molecule has 0 saturated carbocycles. The van der Waals surface area contributed by atoms with Crippen LogP contribution in [0.3, 0.4) is 0 Å². The fourth-order valence-corrected chi connectivity index (χ4v) is 2.38. The van der Waals surface area contributed by atoms with Gasteiger partial charge in [-0.05, 0) is 57.4 Å². The monoisotopic (exact) mass is 360 g/mol. The van der Waals surface area contributed by atoms with E-state index in [0.717, 1.165) is 10.6 Å². The second kappa shape index (κ2) is 8.87. The van der Waals surface area contributed by atoms with Gasteiger partial charge in [-0.25, -0.2) is 4.98 Å². The summed E-state index contributed by atoms with van der Waals surface area (Å²) in [5, 5.41) is 2.85. The Balaban J connectivity index is 1.84. The van der Waals surface area contributed by atoms with Crippen molar-refractivity contribution < 1.29 is 14.3 Å². The van der Waals surface area contributed by atoms with E-state index in [9.17, 15) is 4.79 Å². The number of amides is 1. The van der Waals surface area contributed by atoms with Gasteiger partial charge in [0.25, 0.3) is 5.91 Å². The lowest BCUT2D eigenvalue weighted by molar-refractivity contribution is -0.0168. The molecule has 1 aromatic carbocycles. The van der Waals surface area contributed by atoms with E-state index in [1.807, 2.05) is 51.3 Å². The van der Waals surface area contributed by atoms with Gasteiger partial charge in [-0.2, -0.15) is 0 Å². The Labute approximate surface area is 153 Å². The summed E-state index contributed by atoms with van der Waals surface area (Å²) < 4.78 is 11.1. The minimum absolute atomic E-state index is 0.188. The molecule has 0 radical (unpaired) electrons. The molecule has 0 unspecified atom stereocenters. The number of carbonyl (C=O) groups excluding carboxylic acids is 1. The Bertz CT molecular complexity index is 679. The number of hydrogen-bond donors (Lipinski definition) is 1. The van der Waals surface area contributed by atoms with Crippen LogP contribution in [-0.4, -0.2) is 36.0 Å². The van der Waals surface area contributed by atoms with Crippen molar-refractivity contribution in [2.75, 3.05) is 24.8 Å². The Hall–Kier alpha value is -2.05. The highest BCUT2D eigenvalue weighted by Crippen LogP contribution is 2.18. The lowest BCUT2D eigenvalue weighted by Crippen LogP contribution is -2.22. The molecule has 0 spiro atoms. The van der Waals surface area contributed by atoms with Crippen molar-refractivity contribution in [3.05, 3.63) is 48.2 Å². The van der Waals surface area contributed by atoms with E-state index < -0.39 is 0 Å². The molecule has 5 nitrogen and oxygen atoms in total. The summed E-state index contributed by atoms with van der Waals surface area (Å²) in [6, 6.07) is 11.1. The van der Waals surface area contributed by atoms with Crippen molar-refractivity contribution in [1.29, 1.82) is 0 Å². The van der Waals surface area contributed by atoms with Crippen LogP contribution in [0.5, 0.6) is 5.88 Å². The number of aromatic nitrogens is 1. The number of hydrogen-bond acceptors (Lipinski definition) is 5. The fourth-order valence-electron chi connectivity index (χ4n) is 1.97. The number of carbonyl (C=O) groups is 1. The van der Waals surface area contributed by atoms with Gasteiger partial charge < -0.3 is 14.8 Å². The van der Waals surface area contributed by atoms with E-state index in [-0.39, 0.29) is 11.5 Å².